The lowest BCUT2D eigenvalue weighted by molar-refractivity contribution is -0.206. The molecule has 0 aromatic heterocycles. The standard InChI is InChI=1S/C26H30FNO4/c1-2-3-4-5-6-7-8-19-17-30-26(31-18-19)21-11-9-20(10-12-21)25(29)32-23-14-13-22(16-28)24(27)15-23/h9-15,19,26H,2-8,17-18H2,1H3. The van der Waals surface area contributed by atoms with Gasteiger partial charge in [-0.25, -0.2) is 9.18 Å². The molecule has 0 amide bonds. The van der Waals surface area contributed by atoms with E-state index in [0.717, 1.165) is 18.1 Å². The van der Waals surface area contributed by atoms with Crippen LogP contribution in [0.4, 0.5) is 4.39 Å². The number of carbonyl (C=O) groups excluding carboxylic acids is 1. The van der Waals surface area contributed by atoms with Crippen LogP contribution < -0.4 is 4.74 Å². The molecular formula is C26H30FNO4. The number of nitriles is 1. The number of benzene rings is 2. The normalized spacial score (nSPS) is 18.2. The minimum absolute atomic E-state index is 0.0472. The first kappa shape index (κ1) is 23.9. The summed E-state index contributed by atoms with van der Waals surface area (Å²) in [4.78, 5) is 12.3. The van der Waals surface area contributed by atoms with Crippen molar-refractivity contribution < 1.29 is 23.4 Å². The van der Waals surface area contributed by atoms with Crippen molar-refractivity contribution in [2.45, 2.75) is 58.2 Å². The first-order valence-corrected chi connectivity index (χ1v) is 11.4. The maximum Gasteiger partial charge on any atom is 0.343 e. The van der Waals surface area contributed by atoms with Gasteiger partial charge in [-0.3, -0.25) is 0 Å². The van der Waals surface area contributed by atoms with Gasteiger partial charge in [-0.05, 0) is 30.7 Å². The lowest BCUT2D eigenvalue weighted by Crippen LogP contribution is -2.27. The molecule has 0 unspecified atom stereocenters. The highest BCUT2D eigenvalue weighted by molar-refractivity contribution is 5.91. The monoisotopic (exact) mass is 439 g/mol. The van der Waals surface area contributed by atoms with Crippen LogP contribution in [0, 0.1) is 23.1 Å². The quantitative estimate of drug-likeness (QED) is 0.246. The second-order valence-corrected chi connectivity index (χ2v) is 8.19. The Balaban J connectivity index is 1.44. The highest BCUT2D eigenvalue weighted by atomic mass is 19.1. The molecule has 0 N–H and O–H groups in total. The van der Waals surface area contributed by atoms with Crippen molar-refractivity contribution >= 4 is 5.97 Å². The minimum Gasteiger partial charge on any atom is -0.423 e. The van der Waals surface area contributed by atoms with E-state index in [0.29, 0.717) is 24.7 Å². The molecule has 5 nitrogen and oxygen atoms in total. The number of hydrogen-bond donors (Lipinski definition) is 0. The second-order valence-electron chi connectivity index (χ2n) is 8.19. The summed E-state index contributed by atoms with van der Waals surface area (Å²) in [7, 11) is 0. The Morgan fingerprint density at radius 3 is 2.41 bits per heavy atom. The Morgan fingerprint density at radius 1 is 1.06 bits per heavy atom. The van der Waals surface area contributed by atoms with Crippen LogP contribution in [0.15, 0.2) is 42.5 Å². The second kappa shape index (κ2) is 12.3. The third-order valence-corrected chi connectivity index (χ3v) is 5.62. The SMILES string of the molecule is CCCCCCCCC1COC(c2ccc(C(=O)Oc3ccc(C#N)c(F)c3)cc2)OC1. The number of esters is 1. The molecule has 1 saturated heterocycles. The van der Waals surface area contributed by atoms with E-state index in [9.17, 15) is 9.18 Å². The summed E-state index contributed by atoms with van der Waals surface area (Å²) < 4.78 is 30.7. The van der Waals surface area contributed by atoms with Crippen molar-refractivity contribution in [1.82, 2.24) is 0 Å². The third-order valence-electron chi connectivity index (χ3n) is 5.62. The van der Waals surface area contributed by atoms with E-state index in [4.69, 9.17) is 19.5 Å². The summed E-state index contributed by atoms with van der Waals surface area (Å²) in [5, 5.41) is 8.77. The lowest BCUT2D eigenvalue weighted by Gasteiger charge is -2.29. The van der Waals surface area contributed by atoms with Crippen LogP contribution in [-0.2, 0) is 9.47 Å². The van der Waals surface area contributed by atoms with Gasteiger partial charge < -0.3 is 14.2 Å². The summed E-state index contributed by atoms with van der Waals surface area (Å²) in [5.41, 5.74) is 1.06. The fraction of sp³-hybridized carbons (Fsp3) is 0.462. The Labute approximate surface area is 189 Å². The molecule has 3 rings (SSSR count). The van der Waals surface area contributed by atoms with E-state index < -0.39 is 18.1 Å². The molecule has 6 heteroatoms. The maximum atomic E-state index is 13.7. The molecule has 0 aliphatic carbocycles. The van der Waals surface area contributed by atoms with Crippen molar-refractivity contribution in [3.05, 3.63) is 65.0 Å². The number of halogens is 1. The number of carbonyl (C=O) groups is 1. The maximum absolute atomic E-state index is 13.7. The summed E-state index contributed by atoms with van der Waals surface area (Å²) in [5.74, 6) is -0.856. The van der Waals surface area contributed by atoms with Crippen molar-refractivity contribution in [2.24, 2.45) is 5.92 Å². The van der Waals surface area contributed by atoms with Crippen LogP contribution in [0.3, 0.4) is 0 Å². The molecule has 32 heavy (non-hydrogen) atoms. The molecule has 0 saturated carbocycles. The molecule has 2 aromatic rings. The van der Waals surface area contributed by atoms with Gasteiger partial charge in [-0.1, -0.05) is 57.6 Å². The van der Waals surface area contributed by atoms with Crippen LogP contribution >= 0.6 is 0 Å². The van der Waals surface area contributed by atoms with E-state index in [1.807, 2.05) is 0 Å². The van der Waals surface area contributed by atoms with Gasteiger partial charge in [0.2, 0.25) is 0 Å². The van der Waals surface area contributed by atoms with E-state index >= 15 is 0 Å². The predicted octanol–water partition coefficient (Wildman–Crippen LogP) is 6.33. The van der Waals surface area contributed by atoms with Crippen LogP contribution in [0.5, 0.6) is 5.75 Å². The highest BCUT2D eigenvalue weighted by Gasteiger charge is 2.23. The number of nitrogens with zero attached hydrogens (tertiary/aromatic N) is 1. The van der Waals surface area contributed by atoms with Gasteiger partial charge in [-0.15, -0.1) is 0 Å². The van der Waals surface area contributed by atoms with Gasteiger partial charge in [0.1, 0.15) is 17.6 Å². The third kappa shape index (κ3) is 6.88. The van der Waals surface area contributed by atoms with Gasteiger partial charge in [0.15, 0.2) is 6.29 Å². The molecule has 0 radical (unpaired) electrons. The smallest absolute Gasteiger partial charge is 0.343 e. The summed E-state index contributed by atoms with van der Waals surface area (Å²) in [6, 6.07) is 12.2. The number of unbranched alkanes of at least 4 members (excludes halogenated alkanes) is 5. The fourth-order valence-electron chi connectivity index (χ4n) is 3.71. The number of ether oxygens (including phenoxy) is 3. The largest absolute Gasteiger partial charge is 0.423 e. The Morgan fingerprint density at radius 2 is 1.75 bits per heavy atom. The molecule has 0 bridgehead atoms. The van der Waals surface area contributed by atoms with E-state index in [-0.39, 0.29) is 11.3 Å². The minimum atomic E-state index is -0.727. The molecule has 1 aliphatic rings. The van der Waals surface area contributed by atoms with Gasteiger partial charge in [0.25, 0.3) is 0 Å². The summed E-state index contributed by atoms with van der Waals surface area (Å²) >= 11 is 0. The Hall–Kier alpha value is -2.75. The zero-order valence-electron chi connectivity index (χ0n) is 18.5. The van der Waals surface area contributed by atoms with E-state index in [2.05, 4.69) is 6.92 Å². The van der Waals surface area contributed by atoms with Crippen LogP contribution in [-0.4, -0.2) is 19.2 Å². The summed E-state index contributed by atoms with van der Waals surface area (Å²) in [6.45, 7) is 3.58. The van der Waals surface area contributed by atoms with Crippen LogP contribution in [0.2, 0.25) is 0 Å². The van der Waals surface area contributed by atoms with Gasteiger partial charge in [-0.2, -0.15) is 5.26 Å². The predicted molar refractivity (Wildman–Crippen MR) is 119 cm³/mol. The van der Waals surface area contributed by atoms with Crippen molar-refractivity contribution in [3.63, 3.8) is 0 Å². The average Bonchev–Trinajstić information content (AvgIpc) is 2.82. The molecule has 0 spiro atoms. The molecule has 1 heterocycles. The zero-order chi connectivity index (χ0) is 22.8. The number of hydrogen-bond acceptors (Lipinski definition) is 5. The average molecular weight is 440 g/mol. The molecule has 1 aliphatic heterocycles. The zero-order valence-corrected chi connectivity index (χ0v) is 18.5. The molecular weight excluding hydrogens is 409 g/mol. The van der Waals surface area contributed by atoms with E-state index in [1.54, 1.807) is 30.3 Å². The first-order valence-electron chi connectivity index (χ1n) is 11.4. The highest BCUT2D eigenvalue weighted by Crippen LogP contribution is 2.28. The molecule has 170 valence electrons. The lowest BCUT2D eigenvalue weighted by atomic mass is 10.0. The molecule has 2 aromatic carbocycles. The van der Waals surface area contributed by atoms with Gasteiger partial charge in [0.05, 0.1) is 24.3 Å². The van der Waals surface area contributed by atoms with Crippen LogP contribution in [0.25, 0.3) is 0 Å². The Bertz CT molecular complexity index is 914. The van der Waals surface area contributed by atoms with E-state index in [1.165, 1.54) is 50.7 Å². The van der Waals surface area contributed by atoms with Gasteiger partial charge in [0, 0.05) is 17.5 Å². The molecule has 0 atom stereocenters. The molecule has 1 fully saturated rings. The topological polar surface area (TPSA) is 68.5 Å². The first-order chi connectivity index (χ1) is 15.6. The van der Waals surface area contributed by atoms with Crippen molar-refractivity contribution in [2.75, 3.05) is 13.2 Å². The van der Waals surface area contributed by atoms with Crippen molar-refractivity contribution in [1.29, 1.82) is 5.26 Å². The van der Waals surface area contributed by atoms with Crippen molar-refractivity contribution in [3.8, 4) is 11.8 Å². The van der Waals surface area contributed by atoms with Crippen LogP contribution in [0.1, 0.15) is 79.6 Å². The fourth-order valence-corrected chi connectivity index (χ4v) is 3.71. The number of rotatable bonds is 10. The summed E-state index contributed by atoms with van der Waals surface area (Å²) in [6.07, 6.45) is 8.39. The van der Waals surface area contributed by atoms with Gasteiger partial charge >= 0.3 is 5.97 Å². The Kier molecular flexibility index (Phi) is 9.21.